The molecule has 1 unspecified atom stereocenters. The smallest absolute Gasteiger partial charge is 0.282 e. The number of anilines is 1. The number of rotatable bonds is 4. The number of halogens is 1. The number of amides is 2. The first kappa shape index (κ1) is 24.2. The van der Waals surface area contributed by atoms with Crippen LogP contribution in [-0.2, 0) is 15.0 Å². The average molecular weight is 500 g/mol. The predicted molar refractivity (Wildman–Crippen MR) is 125 cm³/mol. The fourth-order valence-corrected chi connectivity index (χ4v) is 7.44. The number of nitrogens with zero attached hydrogens (tertiary/aromatic N) is 2. The summed E-state index contributed by atoms with van der Waals surface area (Å²) >= 11 is 0. The molecule has 2 amide bonds. The minimum absolute atomic E-state index is 0. The van der Waals surface area contributed by atoms with Crippen molar-refractivity contribution >= 4 is 40.1 Å². The van der Waals surface area contributed by atoms with Gasteiger partial charge in [0.25, 0.3) is 22.0 Å². The Balaban J connectivity index is 0.00000259. The summed E-state index contributed by atoms with van der Waals surface area (Å²) in [5.74, 6) is 0.0469. The van der Waals surface area contributed by atoms with Crippen molar-refractivity contribution in [3.63, 3.8) is 0 Å². The molecule has 33 heavy (non-hydrogen) atoms. The summed E-state index contributed by atoms with van der Waals surface area (Å²) in [6.07, 6.45) is 4.19. The molecule has 4 aliphatic heterocycles. The zero-order chi connectivity index (χ0) is 22.5. The summed E-state index contributed by atoms with van der Waals surface area (Å²) in [7, 11) is -3.52. The van der Waals surface area contributed by atoms with E-state index in [1.807, 2.05) is 0 Å². The quantitative estimate of drug-likeness (QED) is 0.561. The van der Waals surface area contributed by atoms with Crippen molar-refractivity contribution in [1.82, 2.24) is 13.9 Å². The molecule has 4 heterocycles. The van der Waals surface area contributed by atoms with Gasteiger partial charge in [0, 0.05) is 42.8 Å². The molecule has 0 aliphatic carbocycles. The predicted octanol–water partition coefficient (Wildman–Crippen LogP) is 0.832. The van der Waals surface area contributed by atoms with Crippen LogP contribution in [0.5, 0.6) is 5.75 Å². The van der Waals surface area contributed by atoms with Gasteiger partial charge in [0.15, 0.2) is 6.61 Å². The lowest BCUT2D eigenvalue weighted by Gasteiger charge is -2.41. The Bertz CT molecular complexity index is 1020. The van der Waals surface area contributed by atoms with Crippen LogP contribution in [0.2, 0.25) is 0 Å². The van der Waals surface area contributed by atoms with Gasteiger partial charge in [0.2, 0.25) is 0 Å². The van der Waals surface area contributed by atoms with Gasteiger partial charge in [0.05, 0.1) is 5.69 Å². The van der Waals surface area contributed by atoms with E-state index < -0.39 is 10.2 Å². The largest absolute Gasteiger partial charge is 0.482 e. The minimum atomic E-state index is -3.52. The van der Waals surface area contributed by atoms with Crippen molar-refractivity contribution in [3.05, 3.63) is 23.8 Å². The van der Waals surface area contributed by atoms with Gasteiger partial charge in [-0.3, -0.25) is 9.59 Å². The maximum atomic E-state index is 13.3. The number of carbonyl (C=O) groups is 2. The monoisotopic (exact) mass is 499 g/mol. The number of nitrogens with one attached hydrogen (secondary N) is 2. The van der Waals surface area contributed by atoms with Crippen LogP contribution in [0, 0.1) is 0 Å². The topological polar surface area (TPSA) is 134 Å². The molecule has 5 rings (SSSR count). The third kappa shape index (κ3) is 4.69. The highest BCUT2D eigenvalue weighted by Crippen LogP contribution is 2.39. The Morgan fingerprint density at radius 2 is 1.79 bits per heavy atom. The van der Waals surface area contributed by atoms with Crippen molar-refractivity contribution < 1.29 is 22.7 Å². The van der Waals surface area contributed by atoms with Crippen LogP contribution in [0.4, 0.5) is 5.69 Å². The molecule has 0 saturated carbocycles. The number of hydrogen-bond donors (Lipinski definition) is 3. The molecular formula is C21H30ClN5O5S. The van der Waals surface area contributed by atoms with Gasteiger partial charge < -0.3 is 21.1 Å². The van der Waals surface area contributed by atoms with Crippen LogP contribution in [-0.4, -0.2) is 72.7 Å². The minimum Gasteiger partial charge on any atom is -0.482 e. The maximum Gasteiger partial charge on any atom is 0.282 e. The number of hydrogen-bond acceptors (Lipinski definition) is 6. The summed E-state index contributed by atoms with van der Waals surface area (Å²) in [6, 6.07) is 4.72. The highest BCUT2D eigenvalue weighted by Gasteiger charge is 2.49. The molecule has 3 saturated heterocycles. The normalized spacial score (nSPS) is 28.3. The van der Waals surface area contributed by atoms with E-state index >= 15 is 0 Å². The standard InChI is InChI=1S/C21H29N5O5S.ClH/c22-14-5-7-25(8-6-14)32(29,30)26-16-2-3-17(26)11-15(10-16)23-21(28)13-1-4-19-18(9-13)24-20(27)12-31-19;/h1,4,9,14-17H,2-3,5-8,10-12,22H2,(H,23,28)(H,24,27);1H/t15?,16-,17+;. The molecule has 0 aromatic heterocycles. The van der Waals surface area contributed by atoms with Crippen LogP contribution in [0.25, 0.3) is 0 Å². The van der Waals surface area contributed by atoms with Crippen molar-refractivity contribution in [3.8, 4) is 5.75 Å². The Labute approximate surface area is 199 Å². The van der Waals surface area contributed by atoms with E-state index in [9.17, 15) is 18.0 Å². The van der Waals surface area contributed by atoms with E-state index in [0.29, 0.717) is 55.8 Å². The van der Waals surface area contributed by atoms with Gasteiger partial charge in [0.1, 0.15) is 5.75 Å². The Morgan fingerprint density at radius 1 is 1.12 bits per heavy atom. The number of carbonyl (C=O) groups excluding carboxylic acids is 2. The fourth-order valence-electron chi connectivity index (χ4n) is 5.36. The van der Waals surface area contributed by atoms with Gasteiger partial charge in [-0.2, -0.15) is 17.0 Å². The van der Waals surface area contributed by atoms with E-state index in [1.54, 1.807) is 26.8 Å². The van der Waals surface area contributed by atoms with Crippen LogP contribution in [0.3, 0.4) is 0 Å². The second-order valence-electron chi connectivity index (χ2n) is 9.15. The first-order chi connectivity index (χ1) is 15.3. The number of benzene rings is 1. The lowest BCUT2D eigenvalue weighted by molar-refractivity contribution is -0.118. The van der Waals surface area contributed by atoms with E-state index in [4.69, 9.17) is 10.5 Å². The molecular weight excluding hydrogens is 470 g/mol. The summed E-state index contributed by atoms with van der Waals surface area (Å²) < 4.78 is 35.2. The third-order valence-corrected chi connectivity index (χ3v) is 9.11. The highest BCUT2D eigenvalue weighted by molar-refractivity contribution is 7.86. The average Bonchev–Trinajstić information content (AvgIpc) is 3.05. The summed E-state index contributed by atoms with van der Waals surface area (Å²) in [4.78, 5) is 24.4. The highest BCUT2D eigenvalue weighted by atomic mass is 35.5. The van der Waals surface area contributed by atoms with Gasteiger partial charge in [-0.15, -0.1) is 12.4 Å². The fraction of sp³-hybridized carbons (Fsp3) is 0.619. The Morgan fingerprint density at radius 3 is 2.45 bits per heavy atom. The van der Waals surface area contributed by atoms with Crippen molar-refractivity contribution in [2.75, 3.05) is 25.0 Å². The number of nitrogens with two attached hydrogens (primary N) is 1. The molecule has 3 atom stereocenters. The van der Waals surface area contributed by atoms with E-state index in [-0.39, 0.29) is 55.0 Å². The van der Waals surface area contributed by atoms with Crippen molar-refractivity contribution in [1.29, 1.82) is 0 Å². The second kappa shape index (κ2) is 9.38. The zero-order valence-electron chi connectivity index (χ0n) is 18.2. The molecule has 3 fully saturated rings. The van der Waals surface area contributed by atoms with Crippen molar-refractivity contribution in [2.24, 2.45) is 5.73 Å². The molecule has 10 nitrogen and oxygen atoms in total. The first-order valence-corrected chi connectivity index (χ1v) is 12.6. The van der Waals surface area contributed by atoms with E-state index in [0.717, 1.165) is 12.8 Å². The molecule has 12 heteroatoms. The van der Waals surface area contributed by atoms with Gasteiger partial charge in [-0.1, -0.05) is 0 Å². The summed E-state index contributed by atoms with van der Waals surface area (Å²) in [5, 5.41) is 5.78. The first-order valence-electron chi connectivity index (χ1n) is 11.2. The summed E-state index contributed by atoms with van der Waals surface area (Å²) in [5.41, 5.74) is 6.85. The molecule has 182 valence electrons. The maximum absolute atomic E-state index is 13.3. The van der Waals surface area contributed by atoms with Gasteiger partial charge in [-0.05, 0) is 56.7 Å². The SMILES string of the molecule is Cl.NC1CCN(S(=O)(=O)N2[C@@H]3CC[C@H]2CC(NC(=O)c2ccc4c(c2)NC(=O)CO4)C3)CC1. The van der Waals surface area contributed by atoms with Crippen LogP contribution >= 0.6 is 12.4 Å². The zero-order valence-corrected chi connectivity index (χ0v) is 19.9. The number of piperidine rings is 2. The molecule has 2 bridgehead atoms. The molecule has 0 spiro atoms. The number of fused-ring (bicyclic) bond motifs is 3. The third-order valence-electron chi connectivity index (χ3n) is 6.97. The van der Waals surface area contributed by atoms with Crippen molar-refractivity contribution in [2.45, 2.75) is 62.7 Å². The van der Waals surface area contributed by atoms with E-state index in [2.05, 4.69) is 10.6 Å². The Hall–Kier alpha value is -1.92. The summed E-state index contributed by atoms with van der Waals surface area (Å²) in [6.45, 7) is 0.906. The number of ether oxygens (including phenoxy) is 1. The van der Waals surface area contributed by atoms with Gasteiger partial charge in [-0.25, -0.2) is 0 Å². The molecule has 0 radical (unpaired) electrons. The van der Waals surface area contributed by atoms with E-state index in [1.165, 1.54) is 0 Å². The Kier molecular flexibility index (Phi) is 6.88. The molecule has 1 aromatic rings. The second-order valence-corrected chi connectivity index (χ2v) is 11.0. The van der Waals surface area contributed by atoms with Crippen LogP contribution < -0.4 is 21.1 Å². The molecule has 4 N–H and O–H groups in total. The lowest BCUT2D eigenvalue weighted by Crippen LogP contribution is -2.57. The van der Waals surface area contributed by atoms with Crippen LogP contribution in [0.15, 0.2) is 18.2 Å². The van der Waals surface area contributed by atoms with Crippen LogP contribution in [0.1, 0.15) is 48.9 Å². The molecule has 1 aromatic carbocycles. The van der Waals surface area contributed by atoms with Gasteiger partial charge >= 0.3 is 0 Å². The molecule has 4 aliphatic rings. The lowest BCUT2D eigenvalue weighted by atomic mass is 9.99.